The van der Waals surface area contributed by atoms with Crippen LogP contribution in [0.15, 0.2) is 48.1 Å². The lowest BCUT2D eigenvalue weighted by Crippen LogP contribution is -2.51. The molecule has 4 rings (SSSR count). The number of hydrogen-bond acceptors (Lipinski definition) is 4. The first-order chi connectivity index (χ1) is 13.4. The van der Waals surface area contributed by atoms with Gasteiger partial charge in [0.15, 0.2) is 0 Å². The number of ether oxygens (including phenoxy) is 3. The minimum Gasteiger partial charge on any atom is -0.497 e. The van der Waals surface area contributed by atoms with Crippen LogP contribution in [0.2, 0.25) is 0 Å². The molecular weight excluding hydrogens is 467 g/mol. The maximum Gasteiger partial charge on any atom is 0.309 e. The molecule has 1 aliphatic heterocycles. The first kappa shape index (κ1) is 20.0. The van der Waals surface area contributed by atoms with Crippen LogP contribution in [0.4, 0.5) is 0 Å². The Bertz CT molecular complexity index is 799. The number of fused-ring (bicyclic) bond motifs is 2. The molecule has 150 valence electrons. The lowest BCUT2D eigenvalue weighted by molar-refractivity contribution is -0.144. The van der Waals surface area contributed by atoms with E-state index in [9.17, 15) is 4.79 Å². The summed E-state index contributed by atoms with van der Waals surface area (Å²) < 4.78 is 17.3. The Balaban J connectivity index is 1.45. The Hall–Kier alpha value is -1.34. The van der Waals surface area contributed by atoms with Crippen LogP contribution in [0.3, 0.4) is 0 Å². The summed E-state index contributed by atoms with van der Waals surface area (Å²) in [5.41, 5.74) is 2.44. The lowest BCUT2D eigenvalue weighted by Gasteiger charge is -2.50. The first-order valence-electron chi connectivity index (χ1n) is 9.87. The number of rotatable bonds is 5. The van der Waals surface area contributed by atoms with Crippen molar-refractivity contribution >= 4 is 28.6 Å². The molecule has 3 aliphatic rings. The molecule has 0 amide bonds. The Labute approximate surface area is 180 Å². The Morgan fingerprint density at radius 1 is 1.25 bits per heavy atom. The highest BCUT2D eigenvalue weighted by Crippen LogP contribution is 2.56. The van der Waals surface area contributed by atoms with E-state index in [-0.39, 0.29) is 27.3 Å². The van der Waals surface area contributed by atoms with Crippen LogP contribution in [0, 0.1) is 23.2 Å². The summed E-state index contributed by atoms with van der Waals surface area (Å²) in [7, 11) is 1.67. The van der Waals surface area contributed by atoms with E-state index in [0.29, 0.717) is 25.0 Å². The van der Waals surface area contributed by atoms with E-state index < -0.39 is 0 Å². The van der Waals surface area contributed by atoms with Crippen molar-refractivity contribution in [3.8, 4) is 5.75 Å². The predicted molar refractivity (Wildman–Crippen MR) is 116 cm³/mol. The molecule has 0 radical (unpaired) electrons. The van der Waals surface area contributed by atoms with Crippen molar-refractivity contribution in [2.24, 2.45) is 23.2 Å². The maximum atomic E-state index is 12.2. The van der Waals surface area contributed by atoms with Crippen molar-refractivity contribution in [2.45, 2.75) is 36.9 Å². The van der Waals surface area contributed by atoms with Crippen molar-refractivity contribution in [1.29, 1.82) is 0 Å². The first-order valence-corrected chi connectivity index (χ1v) is 11.1. The number of esters is 1. The molecule has 28 heavy (non-hydrogen) atoms. The van der Waals surface area contributed by atoms with E-state index >= 15 is 0 Å². The topological polar surface area (TPSA) is 44.8 Å². The zero-order valence-electron chi connectivity index (χ0n) is 16.6. The van der Waals surface area contributed by atoms with Gasteiger partial charge in [0.2, 0.25) is 0 Å². The second kappa shape index (κ2) is 7.82. The van der Waals surface area contributed by atoms with E-state index in [1.54, 1.807) is 7.11 Å². The molecular formula is C23H27IO4. The van der Waals surface area contributed by atoms with Gasteiger partial charge in [0.25, 0.3) is 0 Å². The monoisotopic (exact) mass is 494 g/mol. The number of benzene rings is 1. The number of halogens is 1. The van der Waals surface area contributed by atoms with Gasteiger partial charge < -0.3 is 14.2 Å². The van der Waals surface area contributed by atoms with Crippen molar-refractivity contribution < 1.29 is 19.0 Å². The lowest BCUT2D eigenvalue weighted by atomic mass is 9.58. The van der Waals surface area contributed by atoms with E-state index in [4.69, 9.17) is 14.2 Å². The molecule has 2 fully saturated rings. The fraction of sp³-hybridized carbons (Fsp3) is 0.522. The highest BCUT2D eigenvalue weighted by atomic mass is 127. The molecule has 2 aliphatic carbocycles. The number of carbonyl (C=O) groups is 1. The van der Waals surface area contributed by atoms with Gasteiger partial charge in [0.05, 0.1) is 30.2 Å². The zero-order chi connectivity index (χ0) is 19.9. The SMILES string of the molecule is COc1ccc(COCC2=CC=C[C@@]3(C)[C@@H]2C[C@H]2C(C)C(=O)O[C@H]2[C@@H]3I)cc1. The molecule has 1 heterocycles. The summed E-state index contributed by atoms with van der Waals surface area (Å²) in [5.74, 6) is 1.48. The van der Waals surface area contributed by atoms with Crippen LogP contribution >= 0.6 is 22.6 Å². The van der Waals surface area contributed by atoms with E-state index in [1.807, 2.05) is 31.2 Å². The molecule has 1 unspecified atom stereocenters. The van der Waals surface area contributed by atoms with Gasteiger partial charge in [-0.25, -0.2) is 0 Å². The summed E-state index contributed by atoms with van der Waals surface area (Å²) >= 11 is 2.50. The van der Waals surface area contributed by atoms with Gasteiger partial charge in [-0.2, -0.15) is 0 Å². The number of carbonyl (C=O) groups excluding carboxylic acids is 1. The molecule has 1 aromatic carbocycles. The number of hydrogen-bond donors (Lipinski definition) is 0. The normalized spacial score (nSPS) is 36.4. The van der Waals surface area contributed by atoms with Crippen LogP contribution in [-0.2, 0) is 20.9 Å². The van der Waals surface area contributed by atoms with E-state index in [1.165, 1.54) is 5.57 Å². The van der Waals surface area contributed by atoms with Gasteiger partial charge in [0.1, 0.15) is 11.9 Å². The van der Waals surface area contributed by atoms with Crippen LogP contribution in [-0.4, -0.2) is 29.7 Å². The highest BCUT2D eigenvalue weighted by molar-refractivity contribution is 14.1. The zero-order valence-corrected chi connectivity index (χ0v) is 18.7. The quantitative estimate of drug-likeness (QED) is 0.338. The van der Waals surface area contributed by atoms with Crippen molar-refractivity contribution in [2.75, 3.05) is 13.7 Å². The standard InChI is InChI=1S/C23H27IO4/c1-14-18-11-19-16(13-27-12-15-6-8-17(26-3)9-7-15)5-4-10-23(19,2)21(24)20(18)28-22(14)25/h4-10,14,18-21H,11-13H2,1-3H3/t14?,18-,19+,20+,21-,23-/m0/s1. The summed E-state index contributed by atoms with van der Waals surface area (Å²) in [6.45, 7) is 5.50. The smallest absolute Gasteiger partial charge is 0.309 e. The van der Waals surface area contributed by atoms with Crippen molar-refractivity contribution in [1.82, 2.24) is 0 Å². The van der Waals surface area contributed by atoms with E-state index in [0.717, 1.165) is 17.7 Å². The molecule has 6 atom stereocenters. The van der Waals surface area contributed by atoms with Gasteiger partial charge >= 0.3 is 5.97 Å². The molecule has 0 aromatic heterocycles. The van der Waals surface area contributed by atoms with Gasteiger partial charge in [0, 0.05) is 11.3 Å². The third kappa shape index (κ3) is 3.41. The Morgan fingerprint density at radius 2 is 2.00 bits per heavy atom. The minimum atomic E-state index is -0.0378. The number of methoxy groups -OCH3 is 1. The summed E-state index contributed by atoms with van der Waals surface area (Å²) in [6.07, 6.45) is 7.65. The summed E-state index contributed by atoms with van der Waals surface area (Å²) in [6, 6.07) is 7.98. The molecule has 0 N–H and O–H groups in total. The predicted octanol–water partition coefficient (Wildman–Crippen LogP) is 4.72. The molecule has 0 spiro atoms. The fourth-order valence-corrected chi connectivity index (χ4v) is 6.21. The second-order valence-corrected chi connectivity index (χ2v) is 9.69. The Morgan fingerprint density at radius 3 is 2.71 bits per heavy atom. The summed E-state index contributed by atoms with van der Waals surface area (Å²) in [4.78, 5) is 12.2. The molecule has 0 bridgehead atoms. The van der Waals surface area contributed by atoms with Crippen LogP contribution < -0.4 is 4.74 Å². The second-order valence-electron chi connectivity index (χ2n) is 8.35. The van der Waals surface area contributed by atoms with Gasteiger partial charge in [-0.3, -0.25) is 4.79 Å². The van der Waals surface area contributed by atoms with E-state index in [2.05, 4.69) is 47.7 Å². The molecule has 1 saturated heterocycles. The number of alkyl halides is 1. The van der Waals surface area contributed by atoms with Crippen LogP contribution in [0.25, 0.3) is 0 Å². The molecule has 4 nitrogen and oxygen atoms in total. The van der Waals surface area contributed by atoms with Crippen molar-refractivity contribution in [3.05, 3.63) is 53.6 Å². The minimum absolute atomic E-state index is 0.0143. The molecule has 1 saturated carbocycles. The maximum absolute atomic E-state index is 12.2. The largest absolute Gasteiger partial charge is 0.497 e. The fourth-order valence-electron chi connectivity index (χ4n) is 4.89. The highest BCUT2D eigenvalue weighted by Gasteiger charge is 2.58. The van der Waals surface area contributed by atoms with Crippen LogP contribution in [0.5, 0.6) is 5.75 Å². The average Bonchev–Trinajstić information content (AvgIpc) is 2.98. The van der Waals surface area contributed by atoms with Gasteiger partial charge in [-0.1, -0.05) is 66.8 Å². The van der Waals surface area contributed by atoms with Crippen molar-refractivity contribution in [3.63, 3.8) is 0 Å². The summed E-state index contributed by atoms with van der Waals surface area (Å²) in [5, 5.41) is 0. The third-order valence-electron chi connectivity index (χ3n) is 6.74. The molecule has 5 heteroatoms. The molecule has 1 aromatic rings. The van der Waals surface area contributed by atoms with Gasteiger partial charge in [-0.15, -0.1) is 0 Å². The Kier molecular flexibility index (Phi) is 5.58. The number of allylic oxidation sites excluding steroid dienone is 3. The van der Waals surface area contributed by atoms with Crippen LogP contribution in [0.1, 0.15) is 25.8 Å². The average molecular weight is 494 g/mol. The third-order valence-corrected chi connectivity index (χ3v) is 8.79. The van der Waals surface area contributed by atoms with Gasteiger partial charge in [-0.05, 0) is 35.6 Å².